The molecule has 2 fully saturated rings. The molecule has 2 aliphatic rings. The zero-order valence-corrected chi connectivity index (χ0v) is 14.4. The molecule has 1 aromatic carbocycles. The Balaban J connectivity index is 1.54. The van der Waals surface area contributed by atoms with Crippen molar-refractivity contribution in [2.75, 3.05) is 26.0 Å². The molecule has 5 heteroatoms. The highest BCUT2D eigenvalue weighted by Gasteiger charge is 2.57. The van der Waals surface area contributed by atoms with E-state index in [-0.39, 0.29) is 22.5 Å². The van der Waals surface area contributed by atoms with Crippen LogP contribution in [-0.2, 0) is 9.53 Å². The van der Waals surface area contributed by atoms with Crippen LogP contribution in [0.25, 0.3) is 0 Å². The van der Waals surface area contributed by atoms with Crippen LogP contribution in [0.15, 0.2) is 24.3 Å². The Labute approximate surface area is 141 Å². The van der Waals surface area contributed by atoms with Crippen molar-refractivity contribution in [1.29, 1.82) is 0 Å². The lowest BCUT2D eigenvalue weighted by atomic mass is 9.93. The zero-order chi connectivity index (χ0) is 15.6. The quantitative estimate of drug-likeness (QED) is 0.889. The van der Waals surface area contributed by atoms with E-state index in [1.54, 1.807) is 11.8 Å². The third-order valence-electron chi connectivity index (χ3n) is 4.96. The van der Waals surface area contributed by atoms with E-state index in [0.29, 0.717) is 6.54 Å². The molecule has 1 spiro atoms. The fourth-order valence-corrected chi connectivity index (χ4v) is 4.28. The minimum absolute atomic E-state index is 0.193. The van der Waals surface area contributed by atoms with Gasteiger partial charge in [-0.25, -0.2) is 0 Å². The number of hydrogen-bond acceptors (Lipinski definition) is 3. The van der Waals surface area contributed by atoms with Gasteiger partial charge < -0.3 is 10.1 Å². The number of carbonyl (C=O) groups excluding carboxylic acids is 1. The van der Waals surface area contributed by atoms with Gasteiger partial charge in [-0.3, -0.25) is 4.79 Å². The molecule has 3 rings (SSSR count). The van der Waals surface area contributed by atoms with E-state index in [4.69, 9.17) is 16.3 Å². The van der Waals surface area contributed by atoms with E-state index < -0.39 is 0 Å². The van der Waals surface area contributed by atoms with E-state index in [2.05, 4.69) is 17.6 Å². The maximum atomic E-state index is 12.4. The van der Waals surface area contributed by atoms with Crippen molar-refractivity contribution in [2.24, 2.45) is 11.3 Å². The molecule has 3 nitrogen and oxygen atoms in total. The first-order valence-corrected chi connectivity index (χ1v) is 9.45. The molecule has 1 aromatic rings. The first kappa shape index (κ1) is 16.2. The number of ether oxygens (including phenoxy) is 1. The smallest absolute Gasteiger partial charge is 0.223 e. The van der Waals surface area contributed by atoms with Crippen LogP contribution in [0.5, 0.6) is 0 Å². The summed E-state index contributed by atoms with van der Waals surface area (Å²) in [5.74, 6) is 0.404. The van der Waals surface area contributed by atoms with Gasteiger partial charge in [-0.15, -0.1) is 0 Å². The summed E-state index contributed by atoms with van der Waals surface area (Å²) in [6, 6.07) is 7.88. The van der Waals surface area contributed by atoms with Crippen LogP contribution in [0.3, 0.4) is 0 Å². The summed E-state index contributed by atoms with van der Waals surface area (Å²) >= 11 is 7.80. The molecule has 2 atom stereocenters. The lowest BCUT2D eigenvalue weighted by Gasteiger charge is -2.23. The summed E-state index contributed by atoms with van der Waals surface area (Å²) < 4.78 is 5.41. The van der Waals surface area contributed by atoms with Crippen molar-refractivity contribution in [3.63, 3.8) is 0 Å². The van der Waals surface area contributed by atoms with E-state index in [1.165, 1.54) is 0 Å². The van der Waals surface area contributed by atoms with Crippen LogP contribution < -0.4 is 5.32 Å². The van der Waals surface area contributed by atoms with E-state index >= 15 is 0 Å². The topological polar surface area (TPSA) is 38.3 Å². The third kappa shape index (κ3) is 3.44. The van der Waals surface area contributed by atoms with Gasteiger partial charge in [-0.05, 0) is 48.6 Å². The van der Waals surface area contributed by atoms with Gasteiger partial charge in [0.25, 0.3) is 0 Å². The molecular formula is C17H22ClNO2S. The van der Waals surface area contributed by atoms with Gasteiger partial charge in [0.15, 0.2) is 0 Å². The number of halogens is 1. The fourth-order valence-electron chi connectivity index (χ4n) is 3.41. The van der Waals surface area contributed by atoms with Crippen molar-refractivity contribution in [1.82, 2.24) is 5.32 Å². The predicted octanol–water partition coefficient (Wildman–Crippen LogP) is 3.68. The van der Waals surface area contributed by atoms with Crippen molar-refractivity contribution < 1.29 is 9.53 Å². The number of nitrogens with one attached hydrogen (secondary N) is 1. The Morgan fingerprint density at radius 3 is 2.95 bits per heavy atom. The summed E-state index contributed by atoms with van der Waals surface area (Å²) in [6.45, 7) is 2.27. The molecule has 1 aliphatic heterocycles. The Kier molecular flexibility index (Phi) is 5.00. The van der Waals surface area contributed by atoms with Crippen molar-refractivity contribution in [3.05, 3.63) is 34.9 Å². The second kappa shape index (κ2) is 6.81. The van der Waals surface area contributed by atoms with E-state index in [1.807, 2.05) is 18.2 Å². The predicted molar refractivity (Wildman–Crippen MR) is 91.3 cm³/mol. The number of thioether (sulfide) groups is 1. The summed E-state index contributed by atoms with van der Waals surface area (Å²) in [5, 5.41) is 4.13. The van der Waals surface area contributed by atoms with Gasteiger partial charge in [0, 0.05) is 35.9 Å². The summed E-state index contributed by atoms with van der Waals surface area (Å²) in [5.41, 5.74) is 1.41. The van der Waals surface area contributed by atoms with Crippen LogP contribution in [0.4, 0.5) is 0 Å². The maximum absolute atomic E-state index is 12.4. The molecule has 120 valence electrons. The number of amides is 1. The van der Waals surface area contributed by atoms with Gasteiger partial charge in [-0.1, -0.05) is 23.7 Å². The van der Waals surface area contributed by atoms with Crippen molar-refractivity contribution >= 4 is 29.3 Å². The molecule has 1 aliphatic carbocycles. The first-order valence-electron chi connectivity index (χ1n) is 7.78. The molecule has 0 aromatic heterocycles. The highest BCUT2D eigenvalue weighted by Crippen LogP contribution is 2.59. The highest BCUT2D eigenvalue weighted by molar-refractivity contribution is 7.98. The molecule has 0 unspecified atom stereocenters. The maximum Gasteiger partial charge on any atom is 0.223 e. The van der Waals surface area contributed by atoms with Gasteiger partial charge in [0.1, 0.15) is 0 Å². The fraction of sp³-hybridized carbons (Fsp3) is 0.588. The largest absolute Gasteiger partial charge is 0.381 e. The van der Waals surface area contributed by atoms with Crippen molar-refractivity contribution in [2.45, 2.75) is 24.5 Å². The Hall–Kier alpha value is -0.710. The minimum Gasteiger partial charge on any atom is -0.381 e. The number of hydrogen-bond donors (Lipinski definition) is 1. The van der Waals surface area contributed by atoms with Gasteiger partial charge >= 0.3 is 0 Å². The van der Waals surface area contributed by atoms with Crippen LogP contribution in [0.2, 0.25) is 5.02 Å². The Morgan fingerprint density at radius 2 is 2.27 bits per heavy atom. The normalized spacial score (nSPS) is 24.0. The molecule has 1 amide bonds. The number of benzene rings is 1. The molecule has 0 bridgehead atoms. The van der Waals surface area contributed by atoms with Crippen LogP contribution >= 0.6 is 23.4 Å². The number of carbonyl (C=O) groups is 1. The molecular weight excluding hydrogens is 318 g/mol. The van der Waals surface area contributed by atoms with Crippen LogP contribution in [0, 0.1) is 11.3 Å². The average molecular weight is 340 g/mol. The van der Waals surface area contributed by atoms with Gasteiger partial charge in [0.2, 0.25) is 5.91 Å². The molecule has 1 saturated heterocycles. The van der Waals surface area contributed by atoms with Gasteiger partial charge in [0.05, 0.1) is 0 Å². The van der Waals surface area contributed by atoms with E-state index in [0.717, 1.165) is 43.1 Å². The third-order valence-corrected chi connectivity index (χ3v) is 6.20. The summed E-state index contributed by atoms with van der Waals surface area (Å²) in [4.78, 5) is 12.4. The van der Waals surface area contributed by atoms with E-state index in [9.17, 15) is 4.79 Å². The Morgan fingerprint density at radius 1 is 1.50 bits per heavy atom. The molecule has 1 saturated carbocycles. The molecule has 0 radical (unpaired) electrons. The standard InChI is InChI=1S/C17H22ClNO2S/c1-22-15(12-3-2-4-13(18)9-12)11-19-16(20)14-10-17(14)5-7-21-8-6-17/h2-4,9,14-15H,5-8,10-11H2,1H3,(H,19,20)/t14-,15+/m0/s1. The number of rotatable bonds is 5. The zero-order valence-electron chi connectivity index (χ0n) is 12.8. The first-order chi connectivity index (χ1) is 10.6. The highest BCUT2D eigenvalue weighted by atomic mass is 35.5. The lowest BCUT2D eigenvalue weighted by molar-refractivity contribution is -0.123. The lowest BCUT2D eigenvalue weighted by Crippen LogP contribution is -2.32. The average Bonchev–Trinajstić information content (AvgIpc) is 3.22. The Bertz CT molecular complexity index is 545. The molecule has 22 heavy (non-hydrogen) atoms. The minimum atomic E-state index is 0.193. The second-order valence-corrected chi connectivity index (χ2v) is 7.73. The summed E-state index contributed by atoms with van der Waals surface area (Å²) in [7, 11) is 0. The summed E-state index contributed by atoms with van der Waals surface area (Å²) in [6.07, 6.45) is 5.16. The van der Waals surface area contributed by atoms with Crippen LogP contribution in [-0.4, -0.2) is 31.9 Å². The van der Waals surface area contributed by atoms with Crippen molar-refractivity contribution in [3.8, 4) is 0 Å². The van der Waals surface area contributed by atoms with Gasteiger partial charge in [-0.2, -0.15) is 11.8 Å². The second-order valence-electron chi connectivity index (χ2n) is 6.26. The SMILES string of the molecule is CS[C@H](CNC(=O)[C@@H]1CC12CCOCC2)c1cccc(Cl)c1. The molecule has 1 heterocycles. The monoisotopic (exact) mass is 339 g/mol. The van der Waals surface area contributed by atoms with Crippen LogP contribution in [0.1, 0.15) is 30.1 Å². The molecule has 1 N–H and O–H groups in total.